The number of nitrogens with one attached hydrogen (secondary N) is 1. The number of rotatable bonds is 4. The Morgan fingerprint density at radius 1 is 1.32 bits per heavy atom. The highest BCUT2D eigenvalue weighted by Crippen LogP contribution is 2.35. The van der Waals surface area contributed by atoms with Gasteiger partial charge < -0.3 is 5.73 Å². The molecule has 19 heavy (non-hydrogen) atoms. The first kappa shape index (κ1) is 14.3. The van der Waals surface area contributed by atoms with Crippen molar-refractivity contribution < 1.29 is 8.42 Å². The van der Waals surface area contributed by atoms with E-state index in [0.29, 0.717) is 12.4 Å². The Bertz CT molecular complexity index is 519. The third kappa shape index (κ3) is 3.67. The van der Waals surface area contributed by atoms with Crippen LogP contribution in [0.4, 0.5) is 5.82 Å². The fourth-order valence-corrected chi connectivity index (χ4v) is 3.63. The Kier molecular flexibility index (Phi) is 4.10. The molecule has 106 valence electrons. The monoisotopic (exact) mass is 283 g/mol. The fourth-order valence-electron chi connectivity index (χ4n) is 2.49. The number of hydrogen-bond donors (Lipinski definition) is 2. The van der Waals surface area contributed by atoms with Crippen LogP contribution in [0.5, 0.6) is 0 Å². The number of sulfonamides is 1. The standard InChI is InChI=1S/C13H21N3O2S/c1-13(7-3-2-4-8-13)10-16-19(17,18)11-5-6-12(14)15-9-11/h5-6,9,16H,2-4,7-8,10H2,1H3,(H2,14,15). The normalized spacial score (nSPS) is 19.2. The highest BCUT2D eigenvalue weighted by Gasteiger charge is 2.28. The number of hydrogen-bond acceptors (Lipinski definition) is 4. The van der Waals surface area contributed by atoms with E-state index in [-0.39, 0.29) is 10.3 Å². The zero-order chi connectivity index (χ0) is 13.9. The van der Waals surface area contributed by atoms with Crippen LogP contribution in [0.3, 0.4) is 0 Å². The minimum atomic E-state index is -3.48. The lowest BCUT2D eigenvalue weighted by Gasteiger charge is -2.33. The van der Waals surface area contributed by atoms with Gasteiger partial charge in [-0.15, -0.1) is 0 Å². The minimum Gasteiger partial charge on any atom is -0.384 e. The zero-order valence-electron chi connectivity index (χ0n) is 11.2. The summed E-state index contributed by atoms with van der Waals surface area (Å²) < 4.78 is 27.0. The Hall–Kier alpha value is -1.14. The smallest absolute Gasteiger partial charge is 0.242 e. The molecule has 5 nitrogen and oxygen atoms in total. The van der Waals surface area contributed by atoms with Gasteiger partial charge in [-0.1, -0.05) is 26.2 Å². The number of nitrogens with zero attached hydrogens (tertiary/aromatic N) is 1. The quantitative estimate of drug-likeness (QED) is 0.884. The molecule has 6 heteroatoms. The predicted octanol–water partition coefficient (Wildman–Crippen LogP) is 1.91. The van der Waals surface area contributed by atoms with E-state index in [0.717, 1.165) is 12.8 Å². The molecule has 0 spiro atoms. The van der Waals surface area contributed by atoms with Crippen LogP contribution in [0, 0.1) is 5.41 Å². The lowest BCUT2D eigenvalue weighted by molar-refractivity contribution is 0.219. The second kappa shape index (κ2) is 5.46. The summed E-state index contributed by atoms with van der Waals surface area (Å²) in [6, 6.07) is 2.98. The summed E-state index contributed by atoms with van der Waals surface area (Å²) in [4.78, 5) is 3.98. The van der Waals surface area contributed by atoms with Crippen LogP contribution in [0.15, 0.2) is 23.2 Å². The maximum atomic E-state index is 12.1. The van der Waals surface area contributed by atoms with E-state index in [4.69, 9.17) is 5.73 Å². The lowest BCUT2D eigenvalue weighted by Crippen LogP contribution is -2.37. The Morgan fingerprint density at radius 2 is 2.00 bits per heavy atom. The van der Waals surface area contributed by atoms with Crippen molar-refractivity contribution in [2.24, 2.45) is 5.41 Å². The van der Waals surface area contributed by atoms with Crippen molar-refractivity contribution in [1.29, 1.82) is 0 Å². The molecule has 0 unspecified atom stereocenters. The average Bonchev–Trinajstić information content (AvgIpc) is 2.38. The molecule has 0 amide bonds. The molecule has 1 fully saturated rings. The second-order valence-corrected chi connectivity index (χ2v) is 7.38. The molecular weight excluding hydrogens is 262 g/mol. The summed E-state index contributed by atoms with van der Waals surface area (Å²) in [5, 5.41) is 0. The maximum Gasteiger partial charge on any atom is 0.242 e. The second-order valence-electron chi connectivity index (χ2n) is 5.61. The molecule has 1 aliphatic rings. The number of nitrogens with two attached hydrogens (primary N) is 1. The largest absolute Gasteiger partial charge is 0.384 e. The molecule has 0 atom stereocenters. The van der Waals surface area contributed by atoms with Gasteiger partial charge in [0, 0.05) is 12.7 Å². The first-order chi connectivity index (χ1) is 8.91. The average molecular weight is 283 g/mol. The highest BCUT2D eigenvalue weighted by molar-refractivity contribution is 7.89. The van der Waals surface area contributed by atoms with Crippen LogP contribution >= 0.6 is 0 Å². The third-order valence-electron chi connectivity index (χ3n) is 3.82. The van der Waals surface area contributed by atoms with Crippen molar-refractivity contribution >= 4 is 15.8 Å². The summed E-state index contributed by atoms with van der Waals surface area (Å²) in [5.74, 6) is 0.318. The van der Waals surface area contributed by atoms with Gasteiger partial charge in [-0.3, -0.25) is 0 Å². The van der Waals surface area contributed by atoms with Gasteiger partial charge in [-0.05, 0) is 30.4 Å². The van der Waals surface area contributed by atoms with Gasteiger partial charge in [-0.2, -0.15) is 0 Å². The molecule has 0 bridgehead atoms. The number of aromatic nitrogens is 1. The van der Waals surface area contributed by atoms with Crippen LogP contribution in [0.1, 0.15) is 39.0 Å². The van der Waals surface area contributed by atoms with Gasteiger partial charge in [0.05, 0.1) is 0 Å². The van der Waals surface area contributed by atoms with E-state index >= 15 is 0 Å². The number of nitrogen functional groups attached to an aromatic ring is 1. The molecule has 0 aromatic carbocycles. The molecule has 0 aliphatic heterocycles. The van der Waals surface area contributed by atoms with Gasteiger partial charge >= 0.3 is 0 Å². The summed E-state index contributed by atoms with van der Waals surface area (Å²) in [6.07, 6.45) is 7.07. The van der Waals surface area contributed by atoms with Crippen molar-refractivity contribution in [2.75, 3.05) is 12.3 Å². The molecule has 0 radical (unpaired) electrons. The first-order valence-electron chi connectivity index (χ1n) is 6.63. The third-order valence-corrected chi connectivity index (χ3v) is 5.21. The van der Waals surface area contributed by atoms with Crippen LogP contribution in [0.25, 0.3) is 0 Å². The van der Waals surface area contributed by atoms with Gasteiger partial charge in [0.1, 0.15) is 10.7 Å². The van der Waals surface area contributed by atoms with Crippen molar-refractivity contribution in [3.8, 4) is 0 Å². The van der Waals surface area contributed by atoms with Crippen LogP contribution in [-0.4, -0.2) is 19.9 Å². The van der Waals surface area contributed by atoms with Gasteiger partial charge in [0.25, 0.3) is 0 Å². The van der Waals surface area contributed by atoms with Crippen LogP contribution in [0.2, 0.25) is 0 Å². The molecule has 1 aromatic heterocycles. The highest BCUT2D eigenvalue weighted by atomic mass is 32.2. The summed E-state index contributed by atoms with van der Waals surface area (Å²) in [7, 11) is -3.48. The zero-order valence-corrected chi connectivity index (χ0v) is 12.0. The van der Waals surface area contributed by atoms with E-state index in [1.807, 2.05) is 0 Å². The molecular formula is C13H21N3O2S. The van der Waals surface area contributed by atoms with Crippen LogP contribution < -0.4 is 10.5 Å². The van der Waals surface area contributed by atoms with Crippen molar-refractivity contribution in [2.45, 2.75) is 43.9 Å². The Morgan fingerprint density at radius 3 is 2.58 bits per heavy atom. The van der Waals surface area contributed by atoms with E-state index in [2.05, 4.69) is 16.6 Å². The number of anilines is 1. The maximum absolute atomic E-state index is 12.1. The first-order valence-corrected chi connectivity index (χ1v) is 8.11. The van der Waals surface area contributed by atoms with E-state index in [1.54, 1.807) is 0 Å². The molecule has 1 aromatic rings. The predicted molar refractivity (Wildman–Crippen MR) is 75.0 cm³/mol. The minimum absolute atomic E-state index is 0.0759. The van der Waals surface area contributed by atoms with Gasteiger partial charge in [0.15, 0.2) is 0 Å². The SMILES string of the molecule is CC1(CNS(=O)(=O)c2ccc(N)nc2)CCCCC1. The van der Waals surface area contributed by atoms with E-state index < -0.39 is 10.0 Å². The number of pyridine rings is 1. The fraction of sp³-hybridized carbons (Fsp3) is 0.615. The topological polar surface area (TPSA) is 85.1 Å². The van der Waals surface area contributed by atoms with E-state index in [9.17, 15) is 8.42 Å². The van der Waals surface area contributed by atoms with E-state index in [1.165, 1.54) is 37.6 Å². The summed E-state index contributed by atoms with van der Waals surface area (Å²) >= 11 is 0. The van der Waals surface area contributed by atoms with Crippen molar-refractivity contribution in [3.05, 3.63) is 18.3 Å². The van der Waals surface area contributed by atoms with Crippen molar-refractivity contribution in [3.63, 3.8) is 0 Å². The van der Waals surface area contributed by atoms with Crippen molar-refractivity contribution in [1.82, 2.24) is 9.71 Å². The Labute approximate surface area is 114 Å². The summed E-state index contributed by atoms with van der Waals surface area (Å²) in [5.41, 5.74) is 5.53. The summed E-state index contributed by atoms with van der Waals surface area (Å²) in [6.45, 7) is 2.63. The molecule has 1 saturated carbocycles. The molecule has 3 N–H and O–H groups in total. The van der Waals surface area contributed by atoms with Crippen LogP contribution in [-0.2, 0) is 10.0 Å². The van der Waals surface area contributed by atoms with Gasteiger partial charge in [0.2, 0.25) is 10.0 Å². The lowest BCUT2D eigenvalue weighted by atomic mass is 9.76. The molecule has 1 heterocycles. The Balaban J connectivity index is 2.03. The molecule has 0 saturated heterocycles. The molecule has 1 aliphatic carbocycles. The van der Waals surface area contributed by atoms with Gasteiger partial charge in [-0.25, -0.2) is 18.1 Å². The molecule has 2 rings (SSSR count).